The van der Waals surface area contributed by atoms with Crippen LogP contribution in [-0.2, 0) is 4.74 Å². The largest absolute Gasteiger partial charge is 0.463 e. The summed E-state index contributed by atoms with van der Waals surface area (Å²) in [5.74, 6) is 0.286. The van der Waals surface area contributed by atoms with Crippen molar-refractivity contribution in [2.24, 2.45) is 0 Å². The second kappa shape index (κ2) is 3.09. The molecular weight excluding hydrogens is 146 g/mol. The van der Waals surface area contributed by atoms with Crippen LogP contribution in [0, 0.1) is 0 Å². The summed E-state index contributed by atoms with van der Waals surface area (Å²) in [7, 11) is 3.02. The molecule has 0 fully saturated rings. The van der Waals surface area contributed by atoms with E-state index in [1.165, 1.54) is 7.11 Å². The standard InChI is InChI=1S/C7H9NO3/c1-8-6-4-3-5(11-6)7(9)10-2/h3-4,8H,1-2H3. The van der Waals surface area contributed by atoms with E-state index in [1.54, 1.807) is 19.2 Å². The van der Waals surface area contributed by atoms with Gasteiger partial charge in [0.05, 0.1) is 7.11 Å². The lowest BCUT2D eigenvalue weighted by molar-refractivity contribution is 0.0566. The zero-order valence-electron chi connectivity index (χ0n) is 6.38. The first-order valence-corrected chi connectivity index (χ1v) is 3.14. The quantitative estimate of drug-likeness (QED) is 0.650. The Balaban J connectivity index is 2.80. The number of furan rings is 1. The van der Waals surface area contributed by atoms with Gasteiger partial charge in [-0.2, -0.15) is 0 Å². The lowest BCUT2D eigenvalue weighted by Crippen LogP contribution is -1.98. The summed E-state index contributed by atoms with van der Waals surface area (Å²) < 4.78 is 9.43. The predicted octanol–water partition coefficient (Wildman–Crippen LogP) is 1.11. The minimum Gasteiger partial charge on any atom is -0.463 e. The van der Waals surface area contributed by atoms with Gasteiger partial charge in [0.2, 0.25) is 5.76 Å². The molecule has 1 aromatic rings. The number of carbonyl (C=O) groups excluding carboxylic acids is 1. The Hall–Kier alpha value is -1.45. The number of esters is 1. The van der Waals surface area contributed by atoms with Crippen molar-refractivity contribution >= 4 is 11.9 Å². The Labute approximate surface area is 64.1 Å². The normalized spacial score (nSPS) is 9.27. The van der Waals surface area contributed by atoms with Crippen LogP contribution in [0.4, 0.5) is 5.88 Å². The van der Waals surface area contributed by atoms with E-state index in [0.717, 1.165) is 0 Å². The van der Waals surface area contributed by atoms with Crippen LogP contribution < -0.4 is 5.32 Å². The van der Waals surface area contributed by atoms with E-state index in [1.807, 2.05) is 0 Å². The van der Waals surface area contributed by atoms with Gasteiger partial charge in [0.25, 0.3) is 0 Å². The molecule has 0 saturated carbocycles. The van der Waals surface area contributed by atoms with Gasteiger partial charge in [0, 0.05) is 13.1 Å². The van der Waals surface area contributed by atoms with E-state index >= 15 is 0 Å². The molecule has 1 heterocycles. The summed E-state index contributed by atoms with van der Waals surface area (Å²) in [6.07, 6.45) is 0. The molecule has 0 aliphatic rings. The SMILES string of the molecule is CNc1ccc(C(=O)OC)o1. The van der Waals surface area contributed by atoms with E-state index in [9.17, 15) is 4.79 Å². The monoisotopic (exact) mass is 155 g/mol. The van der Waals surface area contributed by atoms with Crippen molar-refractivity contribution in [3.8, 4) is 0 Å². The number of hydrogen-bond acceptors (Lipinski definition) is 4. The number of methoxy groups -OCH3 is 1. The molecule has 1 aromatic heterocycles. The molecule has 1 rings (SSSR count). The van der Waals surface area contributed by atoms with Crippen molar-refractivity contribution < 1.29 is 13.9 Å². The van der Waals surface area contributed by atoms with Crippen molar-refractivity contribution in [3.63, 3.8) is 0 Å². The van der Waals surface area contributed by atoms with Crippen LogP contribution in [0.25, 0.3) is 0 Å². The number of carbonyl (C=O) groups is 1. The fraction of sp³-hybridized carbons (Fsp3) is 0.286. The summed E-state index contributed by atoms with van der Waals surface area (Å²) >= 11 is 0. The van der Waals surface area contributed by atoms with Crippen molar-refractivity contribution in [1.29, 1.82) is 0 Å². The maximum atomic E-state index is 10.8. The van der Waals surface area contributed by atoms with Crippen LogP contribution >= 0.6 is 0 Å². The van der Waals surface area contributed by atoms with Crippen molar-refractivity contribution in [2.75, 3.05) is 19.5 Å². The highest BCUT2D eigenvalue weighted by atomic mass is 16.5. The molecular formula is C7H9NO3. The van der Waals surface area contributed by atoms with Crippen LogP contribution in [0.3, 0.4) is 0 Å². The fourth-order valence-electron chi connectivity index (χ4n) is 0.683. The molecule has 0 amide bonds. The van der Waals surface area contributed by atoms with Gasteiger partial charge < -0.3 is 14.5 Å². The molecule has 0 atom stereocenters. The fourth-order valence-corrected chi connectivity index (χ4v) is 0.683. The third kappa shape index (κ3) is 1.52. The molecule has 0 spiro atoms. The molecule has 1 N–H and O–H groups in total. The number of hydrogen-bond donors (Lipinski definition) is 1. The van der Waals surface area contributed by atoms with Crippen LogP contribution in [0.2, 0.25) is 0 Å². The van der Waals surface area contributed by atoms with Crippen LogP contribution in [-0.4, -0.2) is 20.1 Å². The molecule has 4 nitrogen and oxygen atoms in total. The number of ether oxygens (including phenoxy) is 1. The van der Waals surface area contributed by atoms with E-state index < -0.39 is 5.97 Å². The maximum Gasteiger partial charge on any atom is 0.374 e. The summed E-state index contributed by atoms with van der Waals surface area (Å²) in [5, 5.41) is 2.75. The third-order valence-electron chi connectivity index (χ3n) is 1.24. The zero-order chi connectivity index (χ0) is 8.27. The molecule has 0 unspecified atom stereocenters. The van der Waals surface area contributed by atoms with Crippen LogP contribution in [0.5, 0.6) is 0 Å². The van der Waals surface area contributed by atoms with Crippen molar-refractivity contribution in [3.05, 3.63) is 17.9 Å². The number of nitrogens with one attached hydrogen (secondary N) is 1. The Morgan fingerprint density at radius 2 is 2.36 bits per heavy atom. The van der Waals surface area contributed by atoms with E-state index in [2.05, 4.69) is 10.1 Å². The minimum atomic E-state index is -0.466. The Morgan fingerprint density at radius 1 is 1.64 bits per heavy atom. The molecule has 0 aliphatic heterocycles. The van der Waals surface area contributed by atoms with Gasteiger partial charge in [-0.25, -0.2) is 4.79 Å². The summed E-state index contributed by atoms with van der Waals surface area (Å²) in [6.45, 7) is 0. The van der Waals surface area contributed by atoms with Gasteiger partial charge in [0.15, 0.2) is 5.88 Å². The van der Waals surface area contributed by atoms with Gasteiger partial charge in [-0.3, -0.25) is 0 Å². The Bertz CT molecular complexity index is 254. The maximum absolute atomic E-state index is 10.8. The van der Waals surface area contributed by atoms with Gasteiger partial charge in [-0.05, 0) is 6.07 Å². The van der Waals surface area contributed by atoms with Gasteiger partial charge in [-0.1, -0.05) is 0 Å². The first-order valence-electron chi connectivity index (χ1n) is 3.14. The topological polar surface area (TPSA) is 51.5 Å². The summed E-state index contributed by atoms with van der Waals surface area (Å²) in [5.41, 5.74) is 0. The van der Waals surface area contributed by atoms with Crippen molar-refractivity contribution in [1.82, 2.24) is 0 Å². The molecule has 60 valence electrons. The van der Waals surface area contributed by atoms with Crippen molar-refractivity contribution in [2.45, 2.75) is 0 Å². The Morgan fingerprint density at radius 3 is 2.82 bits per heavy atom. The highest BCUT2D eigenvalue weighted by Crippen LogP contribution is 2.12. The lowest BCUT2D eigenvalue weighted by Gasteiger charge is -1.93. The van der Waals surface area contributed by atoms with Gasteiger partial charge in [0.1, 0.15) is 0 Å². The highest BCUT2D eigenvalue weighted by molar-refractivity contribution is 5.86. The average Bonchev–Trinajstić information content (AvgIpc) is 2.50. The summed E-state index contributed by atoms with van der Waals surface area (Å²) in [4.78, 5) is 10.8. The summed E-state index contributed by atoms with van der Waals surface area (Å²) in [6, 6.07) is 3.21. The zero-order valence-corrected chi connectivity index (χ0v) is 6.38. The number of anilines is 1. The van der Waals surface area contributed by atoms with Gasteiger partial charge >= 0.3 is 5.97 Å². The smallest absolute Gasteiger partial charge is 0.374 e. The molecule has 11 heavy (non-hydrogen) atoms. The van der Waals surface area contributed by atoms with E-state index in [-0.39, 0.29) is 5.76 Å². The Kier molecular flexibility index (Phi) is 2.15. The lowest BCUT2D eigenvalue weighted by atomic mass is 10.4. The minimum absolute atomic E-state index is 0.205. The molecule has 0 aromatic carbocycles. The molecule has 0 saturated heterocycles. The van der Waals surface area contributed by atoms with Gasteiger partial charge in [-0.15, -0.1) is 0 Å². The van der Waals surface area contributed by atoms with E-state index in [4.69, 9.17) is 4.42 Å². The van der Waals surface area contributed by atoms with E-state index in [0.29, 0.717) is 5.88 Å². The second-order valence-electron chi connectivity index (χ2n) is 1.91. The predicted molar refractivity (Wildman–Crippen MR) is 39.6 cm³/mol. The third-order valence-corrected chi connectivity index (χ3v) is 1.24. The second-order valence-corrected chi connectivity index (χ2v) is 1.91. The average molecular weight is 155 g/mol. The molecule has 0 radical (unpaired) electrons. The van der Waals surface area contributed by atoms with Crippen LogP contribution in [0.15, 0.2) is 16.5 Å². The highest BCUT2D eigenvalue weighted by Gasteiger charge is 2.09. The first kappa shape index (κ1) is 7.65. The molecule has 0 bridgehead atoms. The molecule has 4 heteroatoms. The van der Waals surface area contributed by atoms with Crippen LogP contribution in [0.1, 0.15) is 10.6 Å². The first-order chi connectivity index (χ1) is 5.27. The number of rotatable bonds is 2. The molecule has 0 aliphatic carbocycles.